The Kier molecular flexibility index (Phi) is 6.81. The van der Waals surface area contributed by atoms with E-state index in [0.29, 0.717) is 5.82 Å². The highest BCUT2D eigenvalue weighted by molar-refractivity contribution is 6.19. The van der Waals surface area contributed by atoms with E-state index in [9.17, 15) is 0 Å². The molecule has 0 saturated heterocycles. The third-order valence-electron chi connectivity index (χ3n) is 9.88. The Bertz CT molecular complexity index is 2890. The number of aromatic nitrogens is 2. The van der Waals surface area contributed by atoms with Crippen LogP contribution in [0.5, 0.6) is 0 Å². The molecule has 0 atom stereocenters. The predicted octanol–water partition coefficient (Wildman–Crippen LogP) is 13.0. The topological polar surface area (TPSA) is 38.9 Å². The van der Waals surface area contributed by atoms with E-state index in [1.54, 1.807) is 0 Å². The Hall–Kier alpha value is -6.84. The maximum absolute atomic E-state index is 6.69. The zero-order valence-electron chi connectivity index (χ0n) is 27.6. The van der Waals surface area contributed by atoms with E-state index < -0.39 is 0 Å². The first-order valence-electron chi connectivity index (χ1n) is 17.2. The van der Waals surface area contributed by atoms with Crippen molar-refractivity contribution < 1.29 is 4.42 Å². The molecule has 2 aromatic heterocycles. The van der Waals surface area contributed by atoms with Gasteiger partial charge in [0.25, 0.3) is 0 Å². The summed E-state index contributed by atoms with van der Waals surface area (Å²) in [6, 6.07) is 63.8. The third kappa shape index (κ3) is 5.15. The number of benzene rings is 8. The first kappa shape index (κ1) is 29.1. The molecule has 0 fully saturated rings. The lowest BCUT2D eigenvalue weighted by Crippen LogP contribution is -1.96. The lowest BCUT2D eigenvalue weighted by atomic mass is 9.95. The van der Waals surface area contributed by atoms with Gasteiger partial charge in [-0.3, -0.25) is 0 Å². The lowest BCUT2D eigenvalue weighted by molar-refractivity contribution is 0.673. The minimum atomic E-state index is 0.685. The van der Waals surface area contributed by atoms with Crippen LogP contribution in [0.3, 0.4) is 0 Å². The maximum atomic E-state index is 6.69. The van der Waals surface area contributed by atoms with Gasteiger partial charge in [0.1, 0.15) is 11.2 Å². The summed E-state index contributed by atoms with van der Waals surface area (Å²) in [7, 11) is 0. The van der Waals surface area contributed by atoms with E-state index in [4.69, 9.17) is 14.4 Å². The van der Waals surface area contributed by atoms with Gasteiger partial charge in [-0.15, -0.1) is 0 Å². The van der Waals surface area contributed by atoms with Gasteiger partial charge in [-0.05, 0) is 68.7 Å². The van der Waals surface area contributed by atoms with Gasteiger partial charge in [0.15, 0.2) is 5.82 Å². The summed E-state index contributed by atoms with van der Waals surface area (Å²) in [5, 5.41) is 6.95. The quantitative estimate of drug-likeness (QED) is 0.186. The fourth-order valence-electron chi connectivity index (χ4n) is 7.28. The van der Waals surface area contributed by atoms with Crippen molar-refractivity contribution in [3.63, 3.8) is 0 Å². The van der Waals surface area contributed by atoms with Crippen LogP contribution in [-0.2, 0) is 0 Å². The summed E-state index contributed by atoms with van der Waals surface area (Å²) < 4.78 is 6.69. The second kappa shape index (κ2) is 11.9. The predicted molar refractivity (Wildman–Crippen MR) is 212 cm³/mol. The number of rotatable bonds is 5. The molecule has 10 aromatic rings. The van der Waals surface area contributed by atoms with Crippen molar-refractivity contribution in [1.29, 1.82) is 0 Å². The van der Waals surface area contributed by atoms with Crippen LogP contribution in [0.25, 0.3) is 99.6 Å². The van der Waals surface area contributed by atoms with Crippen molar-refractivity contribution in [3.8, 4) is 56.2 Å². The summed E-state index contributed by atoms with van der Waals surface area (Å²) in [6.07, 6.45) is 0. The molecule has 0 bridgehead atoms. The SMILES string of the molecule is c1ccc(-c2nc(-c3ccc(-c4ccc5ccccc5c4)cc3)cc(-c3ccc4c(c3)oc3c5ccccc5c(-c5ccccc5)cc43)n2)cc1. The molecule has 0 radical (unpaired) electrons. The van der Waals surface area contributed by atoms with E-state index in [-0.39, 0.29) is 0 Å². The van der Waals surface area contributed by atoms with Crippen molar-refractivity contribution in [2.45, 2.75) is 0 Å². The molecule has 10 rings (SSSR count). The Morgan fingerprint density at radius 2 is 0.941 bits per heavy atom. The zero-order valence-corrected chi connectivity index (χ0v) is 27.6. The highest BCUT2D eigenvalue weighted by Gasteiger charge is 2.17. The second-order valence-electron chi connectivity index (χ2n) is 13.0. The maximum Gasteiger partial charge on any atom is 0.160 e. The highest BCUT2D eigenvalue weighted by atomic mass is 16.3. The van der Waals surface area contributed by atoms with Crippen LogP contribution in [0.1, 0.15) is 0 Å². The van der Waals surface area contributed by atoms with Crippen molar-refractivity contribution in [1.82, 2.24) is 9.97 Å². The molecular weight excluding hydrogens is 621 g/mol. The molecule has 3 heteroatoms. The van der Waals surface area contributed by atoms with E-state index in [1.807, 2.05) is 18.2 Å². The summed E-state index contributed by atoms with van der Waals surface area (Å²) >= 11 is 0. The van der Waals surface area contributed by atoms with Gasteiger partial charge in [-0.1, -0.05) is 152 Å². The zero-order chi connectivity index (χ0) is 33.7. The van der Waals surface area contributed by atoms with Gasteiger partial charge in [0, 0.05) is 32.8 Å². The lowest BCUT2D eigenvalue weighted by Gasteiger charge is -2.10. The van der Waals surface area contributed by atoms with Crippen molar-refractivity contribution in [3.05, 3.63) is 182 Å². The summed E-state index contributed by atoms with van der Waals surface area (Å²) in [4.78, 5) is 10.2. The fourth-order valence-corrected chi connectivity index (χ4v) is 7.28. The molecule has 3 nitrogen and oxygen atoms in total. The van der Waals surface area contributed by atoms with Gasteiger partial charge in [0.05, 0.1) is 11.4 Å². The molecule has 238 valence electrons. The van der Waals surface area contributed by atoms with Crippen LogP contribution in [0, 0.1) is 0 Å². The van der Waals surface area contributed by atoms with Crippen LogP contribution in [0.4, 0.5) is 0 Å². The number of nitrogens with zero attached hydrogens (tertiary/aromatic N) is 2. The number of hydrogen-bond acceptors (Lipinski definition) is 3. The van der Waals surface area contributed by atoms with E-state index in [0.717, 1.165) is 55.4 Å². The Labute approximate surface area is 295 Å². The number of hydrogen-bond donors (Lipinski definition) is 0. The molecule has 0 spiro atoms. The van der Waals surface area contributed by atoms with Gasteiger partial charge >= 0.3 is 0 Å². The molecule has 0 aliphatic carbocycles. The smallest absolute Gasteiger partial charge is 0.160 e. The monoisotopic (exact) mass is 650 g/mol. The molecule has 0 unspecified atom stereocenters. The van der Waals surface area contributed by atoms with E-state index in [2.05, 4.69) is 164 Å². The van der Waals surface area contributed by atoms with Gasteiger partial charge < -0.3 is 4.42 Å². The molecule has 0 aliphatic rings. The number of fused-ring (bicyclic) bond motifs is 6. The molecule has 0 saturated carbocycles. The Morgan fingerprint density at radius 1 is 0.333 bits per heavy atom. The van der Waals surface area contributed by atoms with Gasteiger partial charge in [-0.25, -0.2) is 9.97 Å². The molecule has 51 heavy (non-hydrogen) atoms. The average molecular weight is 651 g/mol. The minimum absolute atomic E-state index is 0.685. The molecule has 0 aliphatic heterocycles. The first-order chi connectivity index (χ1) is 25.2. The Morgan fingerprint density at radius 3 is 1.73 bits per heavy atom. The van der Waals surface area contributed by atoms with E-state index >= 15 is 0 Å². The van der Waals surface area contributed by atoms with Crippen LogP contribution < -0.4 is 0 Å². The first-order valence-corrected chi connectivity index (χ1v) is 17.2. The minimum Gasteiger partial charge on any atom is -0.455 e. The fraction of sp³-hybridized carbons (Fsp3) is 0. The molecule has 8 aromatic carbocycles. The van der Waals surface area contributed by atoms with Crippen LogP contribution in [0.2, 0.25) is 0 Å². The van der Waals surface area contributed by atoms with E-state index in [1.165, 1.54) is 38.4 Å². The molecule has 0 amide bonds. The van der Waals surface area contributed by atoms with Crippen molar-refractivity contribution in [2.75, 3.05) is 0 Å². The average Bonchev–Trinajstić information content (AvgIpc) is 3.59. The molecule has 2 heterocycles. The molecular formula is C48H30N2O. The molecule has 0 N–H and O–H groups in total. The highest BCUT2D eigenvalue weighted by Crippen LogP contribution is 2.41. The summed E-state index contributed by atoms with van der Waals surface area (Å²) in [5.41, 5.74) is 11.2. The van der Waals surface area contributed by atoms with Crippen molar-refractivity contribution >= 4 is 43.5 Å². The Balaban J connectivity index is 1.09. The second-order valence-corrected chi connectivity index (χ2v) is 13.0. The van der Waals surface area contributed by atoms with Crippen LogP contribution in [-0.4, -0.2) is 9.97 Å². The van der Waals surface area contributed by atoms with Crippen LogP contribution in [0.15, 0.2) is 186 Å². The number of furan rings is 1. The third-order valence-corrected chi connectivity index (χ3v) is 9.88. The van der Waals surface area contributed by atoms with Gasteiger partial charge in [0.2, 0.25) is 0 Å². The largest absolute Gasteiger partial charge is 0.455 e. The standard InChI is InChI=1S/C48H30N2O/c1-3-12-33(13-4-1)42-29-43-40-26-25-38(28-46(40)51-47(43)41-18-10-9-17-39(41)42)45-30-44(49-48(50-45)35-14-5-2-6-15-35)34-22-19-32(20-23-34)37-24-21-31-11-7-8-16-36(31)27-37/h1-30H. The van der Waals surface area contributed by atoms with Crippen molar-refractivity contribution in [2.24, 2.45) is 0 Å². The summed E-state index contributed by atoms with van der Waals surface area (Å²) in [5.74, 6) is 0.685. The summed E-state index contributed by atoms with van der Waals surface area (Å²) in [6.45, 7) is 0. The van der Waals surface area contributed by atoms with Crippen LogP contribution >= 0.6 is 0 Å². The van der Waals surface area contributed by atoms with Gasteiger partial charge in [-0.2, -0.15) is 0 Å². The normalized spacial score (nSPS) is 11.5.